The van der Waals surface area contributed by atoms with Crippen LogP contribution in [0.2, 0.25) is 0 Å². The molecule has 4 rings (SSSR count). The first-order chi connectivity index (χ1) is 15.3. The number of rotatable bonds is 6. The van der Waals surface area contributed by atoms with Crippen molar-refractivity contribution in [3.05, 3.63) is 70.0 Å². The van der Waals surface area contributed by atoms with Gasteiger partial charge in [0.25, 0.3) is 11.7 Å². The number of likely N-dealkylation sites (tertiary alicyclic amines) is 1. The number of pyridine rings is 1. The number of fused-ring (bicyclic) bond motifs is 1. The number of aliphatic hydroxyl groups is 1. The molecule has 1 N–H and O–H groups in total. The highest BCUT2D eigenvalue weighted by atomic mass is 16.4. The van der Waals surface area contributed by atoms with Gasteiger partial charge in [-0.3, -0.25) is 19.1 Å². The van der Waals surface area contributed by atoms with Gasteiger partial charge in [-0.1, -0.05) is 6.07 Å². The van der Waals surface area contributed by atoms with Crippen molar-refractivity contribution in [1.29, 1.82) is 0 Å². The molecular formula is C23H24N4O5. The Hall–Kier alpha value is -3.72. The molecule has 0 bridgehead atoms. The van der Waals surface area contributed by atoms with E-state index >= 15 is 0 Å². The van der Waals surface area contributed by atoms with Gasteiger partial charge in [-0.15, -0.1) is 0 Å². The highest BCUT2D eigenvalue weighted by Crippen LogP contribution is 2.38. The first kappa shape index (κ1) is 21.5. The zero-order valence-electron chi connectivity index (χ0n) is 18.1. The summed E-state index contributed by atoms with van der Waals surface area (Å²) in [5.74, 6) is -2.30. The number of ketones is 1. The van der Waals surface area contributed by atoms with Gasteiger partial charge < -0.3 is 19.3 Å². The van der Waals surface area contributed by atoms with E-state index in [1.807, 2.05) is 19.0 Å². The summed E-state index contributed by atoms with van der Waals surface area (Å²) in [6, 6.07) is 9.13. The maximum absolute atomic E-state index is 13.0. The Morgan fingerprint density at radius 2 is 1.97 bits per heavy atom. The molecule has 1 aliphatic heterocycles. The molecule has 0 saturated carbocycles. The van der Waals surface area contributed by atoms with Gasteiger partial charge in [-0.05, 0) is 57.4 Å². The maximum Gasteiger partial charge on any atom is 0.419 e. The molecule has 1 aromatic carbocycles. The first-order valence-corrected chi connectivity index (χ1v) is 10.2. The fourth-order valence-corrected chi connectivity index (χ4v) is 3.95. The number of carbonyl (C=O) groups excluding carboxylic acids is 2. The lowest BCUT2D eigenvalue weighted by Crippen LogP contribution is -2.32. The predicted octanol–water partition coefficient (Wildman–Crippen LogP) is 1.90. The number of benzene rings is 1. The lowest BCUT2D eigenvalue weighted by molar-refractivity contribution is -0.140. The van der Waals surface area contributed by atoms with Gasteiger partial charge in [0.05, 0.1) is 16.8 Å². The van der Waals surface area contributed by atoms with Crippen molar-refractivity contribution < 1.29 is 19.1 Å². The number of carbonyl (C=O) groups is 2. The van der Waals surface area contributed by atoms with Gasteiger partial charge in [0.1, 0.15) is 11.8 Å². The highest BCUT2D eigenvalue weighted by molar-refractivity contribution is 6.46. The van der Waals surface area contributed by atoms with Gasteiger partial charge in [-0.2, -0.15) is 0 Å². The SMILES string of the molecule is CN(C)CCCN1C(=O)C(=O)/C(=C(/O)c2ccc3c(c2)oc(=O)n3C)[C@H]1c1ccccn1. The fourth-order valence-electron chi connectivity index (χ4n) is 3.95. The summed E-state index contributed by atoms with van der Waals surface area (Å²) in [6.45, 7) is 1.08. The molecule has 1 fully saturated rings. The van der Waals surface area contributed by atoms with E-state index in [0.717, 1.165) is 6.54 Å². The summed E-state index contributed by atoms with van der Waals surface area (Å²) in [5.41, 5.74) is 1.56. The number of aryl methyl sites for hydroxylation is 1. The molecule has 9 heteroatoms. The van der Waals surface area contributed by atoms with Crippen molar-refractivity contribution in [2.45, 2.75) is 12.5 Å². The van der Waals surface area contributed by atoms with E-state index in [-0.39, 0.29) is 22.5 Å². The Labute approximate surface area is 184 Å². The van der Waals surface area contributed by atoms with Gasteiger partial charge in [0, 0.05) is 25.4 Å². The van der Waals surface area contributed by atoms with Crippen LogP contribution < -0.4 is 5.76 Å². The average molecular weight is 436 g/mol. The minimum atomic E-state index is -0.808. The highest BCUT2D eigenvalue weighted by Gasteiger charge is 2.46. The van der Waals surface area contributed by atoms with Crippen LogP contribution in [0.25, 0.3) is 16.9 Å². The smallest absolute Gasteiger partial charge is 0.419 e. The number of hydrogen-bond donors (Lipinski definition) is 1. The van der Waals surface area contributed by atoms with Crippen LogP contribution in [0.5, 0.6) is 0 Å². The van der Waals surface area contributed by atoms with Crippen molar-refractivity contribution in [1.82, 2.24) is 19.4 Å². The molecule has 3 heterocycles. The van der Waals surface area contributed by atoms with Crippen LogP contribution in [0.15, 0.2) is 57.4 Å². The largest absolute Gasteiger partial charge is 0.507 e. The van der Waals surface area contributed by atoms with Crippen LogP contribution in [0.1, 0.15) is 23.7 Å². The van der Waals surface area contributed by atoms with Crippen molar-refractivity contribution in [2.24, 2.45) is 7.05 Å². The molecular weight excluding hydrogens is 412 g/mol. The topological polar surface area (TPSA) is 109 Å². The number of aliphatic hydroxyl groups excluding tert-OH is 1. The molecule has 0 aliphatic carbocycles. The number of Topliss-reactive ketones (excluding diaryl/α,β-unsaturated/α-hetero) is 1. The van der Waals surface area contributed by atoms with E-state index in [1.165, 1.54) is 15.5 Å². The molecule has 2 aromatic heterocycles. The van der Waals surface area contributed by atoms with Gasteiger partial charge in [0.2, 0.25) is 0 Å². The molecule has 1 amide bonds. The molecule has 1 atom stereocenters. The monoisotopic (exact) mass is 436 g/mol. The molecule has 1 saturated heterocycles. The van der Waals surface area contributed by atoms with Crippen LogP contribution in [-0.2, 0) is 16.6 Å². The summed E-state index contributed by atoms with van der Waals surface area (Å²) >= 11 is 0. The zero-order valence-corrected chi connectivity index (χ0v) is 18.1. The van der Waals surface area contributed by atoms with Crippen LogP contribution >= 0.6 is 0 Å². The third-order valence-corrected chi connectivity index (χ3v) is 5.58. The Morgan fingerprint density at radius 3 is 2.66 bits per heavy atom. The number of oxazole rings is 1. The molecule has 0 radical (unpaired) electrons. The molecule has 1 aliphatic rings. The molecule has 0 spiro atoms. The average Bonchev–Trinajstić information content (AvgIpc) is 3.20. The van der Waals surface area contributed by atoms with E-state index in [2.05, 4.69) is 4.98 Å². The number of amides is 1. The second kappa shape index (κ2) is 8.43. The molecule has 0 unspecified atom stereocenters. The predicted molar refractivity (Wildman–Crippen MR) is 118 cm³/mol. The third-order valence-electron chi connectivity index (χ3n) is 5.58. The Bertz CT molecular complexity index is 1270. The van der Waals surface area contributed by atoms with E-state index in [1.54, 1.807) is 43.6 Å². The van der Waals surface area contributed by atoms with E-state index in [0.29, 0.717) is 24.2 Å². The molecule has 9 nitrogen and oxygen atoms in total. The Kier molecular flexibility index (Phi) is 5.67. The summed E-state index contributed by atoms with van der Waals surface area (Å²) in [6.07, 6.45) is 2.24. The summed E-state index contributed by atoms with van der Waals surface area (Å²) in [4.78, 5) is 45.5. The second-order valence-electron chi connectivity index (χ2n) is 8.01. The van der Waals surface area contributed by atoms with Crippen molar-refractivity contribution >= 4 is 28.5 Å². The van der Waals surface area contributed by atoms with Gasteiger partial charge in [0.15, 0.2) is 5.58 Å². The van der Waals surface area contributed by atoms with Crippen molar-refractivity contribution in [3.8, 4) is 0 Å². The van der Waals surface area contributed by atoms with Crippen LogP contribution in [0.4, 0.5) is 0 Å². The zero-order chi connectivity index (χ0) is 23.0. The summed E-state index contributed by atoms with van der Waals surface area (Å²) in [5, 5.41) is 11.1. The van der Waals surface area contributed by atoms with Gasteiger partial charge >= 0.3 is 5.76 Å². The Balaban J connectivity index is 1.82. The number of aromatic nitrogens is 2. The standard InChI is InChI=1S/C23H24N4O5/c1-25(2)11-6-12-27-19(15-7-4-5-10-24-15)18(21(29)22(27)30)20(28)14-8-9-16-17(13-14)32-23(31)26(16)3/h4-5,7-10,13,19,28H,6,11-12H2,1-3H3/b20-18+/t19-/m1/s1. The maximum atomic E-state index is 13.0. The third kappa shape index (κ3) is 3.71. The van der Waals surface area contributed by atoms with E-state index in [4.69, 9.17) is 4.42 Å². The summed E-state index contributed by atoms with van der Waals surface area (Å²) < 4.78 is 6.55. The fraction of sp³-hybridized carbons (Fsp3) is 0.304. The van der Waals surface area contributed by atoms with E-state index < -0.39 is 23.5 Å². The first-order valence-electron chi connectivity index (χ1n) is 10.2. The number of nitrogens with zero attached hydrogens (tertiary/aromatic N) is 4. The van der Waals surface area contributed by atoms with Gasteiger partial charge in [-0.25, -0.2) is 4.79 Å². The normalized spacial score (nSPS) is 18.2. The molecule has 32 heavy (non-hydrogen) atoms. The van der Waals surface area contributed by atoms with Crippen LogP contribution in [0.3, 0.4) is 0 Å². The second-order valence-corrected chi connectivity index (χ2v) is 8.01. The van der Waals surface area contributed by atoms with Crippen molar-refractivity contribution in [3.63, 3.8) is 0 Å². The van der Waals surface area contributed by atoms with Crippen LogP contribution in [0, 0.1) is 0 Å². The van der Waals surface area contributed by atoms with Crippen molar-refractivity contribution in [2.75, 3.05) is 27.2 Å². The summed E-state index contributed by atoms with van der Waals surface area (Å²) in [7, 11) is 5.44. The Morgan fingerprint density at radius 1 is 1.19 bits per heavy atom. The van der Waals surface area contributed by atoms with Crippen LogP contribution in [-0.4, -0.2) is 63.3 Å². The lowest BCUT2D eigenvalue weighted by atomic mass is 9.98. The number of hydrogen-bond acceptors (Lipinski definition) is 7. The minimum absolute atomic E-state index is 0.0313. The molecule has 3 aromatic rings. The van der Waals surface area contributed by atoms with E-state index in [9.17, 15) is 19.5 Å². The quantitative estimate of drug-likeness (QED) is 0.357. The lowest BCUT2D eigenvalue weighted by Gasteiger charge is -2.25. The minimum Gasteiger partial charge on any atom is -0.507 e. The molecule has 166 valence electrons.